The number of allylic oxidation sites excluding steroid dienone is 4. The third kappa shape index (κ3) is 3.05. The first-order chi connectivity index (χ1) is 11.7. The topological polar surface area (TPSA) is 82.9 Å². The Labute approximate surface area is 141 Å². The fourth-order valence-corrected chi connectivity index (χ4v) is 4.47. The monoisotopic (exact) mass is 326 g/mol. The number of rotatable bonds is 4. The van der Waals surface area contributed by atoms with Crippen molar-refractivity contribution < 1.29 is 9.59 Å². The lowest BCUT2D eigenvalue weighted by atomic mass is 9.95. The SMILES string of the molecule is O=C(N/N=C\[C@H]1C[C@H]2C=C[C@H]1C2)C(=O)N/N=C\[C@H]1C[C@H]2C=C[C@H]1C2. The standard InChI is InChI=1S/C18H22N4O2/c23-17(21-19-9-15-7-11-1-3-13(15)5-11)18(24)22-20-10-16-8-12-2-4-14(16)6-12/h1-4,9-16H,5-8H2,(H,21,23)(H,22,24)/b19-9-,20-10-/t11-,12-,13-,14-,15+,16+/m0/s1. The van der Waals surface area contributed by atoms with E-state index in [1.807, 2.05) is 0 Å². The third-order valence-corrected chi connectivity index (χ3v) is 5.73. The molecule has 6 atom stereocenters. The molecule has 4 bridgehead atoms. The molecule has 0 aromatic heterocycles. The first kappa shape index (κ1) is 15.3. The summed E-state index contributed by atoms with van der Waals surface area (Å²) in [5, 5.41) is 7.86. The molecule has 2 fully saturated rings. The van der Waals surface area contributed by atoms with E-state index in [4.69, 9.17) is 0 Å². The molecule has 0 radical (unpaired) electrons. The quantitative estimate of drug-likeness (QED) is 0.356. The van der Waals surface area contributed by atoms with Crippen molar-refractivity contribution in [3.05, 3.63) is 24.3 Å². The van der Waals surface area contributed by atoms with Gasteiger partial charge in [0.25, 0.3) is 0 Å². The smallest absolute Gasteiger partial charge is 0.262 e. The van der Waals surface area contributed by atoms with E-state index in [2.05, 4.69) is 45.4 Å². The Hall–Kier alpha value is -2.24. The maximum atomic E-state index is 11.7. The number of carbonyl (C=O) groups is 2. The molecule has 0 aliphatic heterocycles. The maximum Gasteiger partial charge on any atom is 0.331 e. The Morgan fingerprint density at radius 1 is 0.750 bits per heavy atom. The Morgan fingerprint density at radius 2 is 1.21 bits per heavy atom. The molecule has 126 valence electrons. The predicted molar refractivity (Wildman–Crippen MR) is 91.0 cm³/mol. The van der Waals surface area contributed by atoms with E-state index in [9.17, 15) is 9.59 Å². The van der Waals surface area contributed by atoms with Crippen LogP contribution in [0.4, 0.5) is 0 Å². The molecule has 24 heavy (non-hydrogen) atoms. The molecule has 6 nitrogen and oxygen atoms in total. The second kappa shape index (κ2) is 6.34. The van der Waals surface area contributed by atoms with Gasteiger partial charge >= 0.3 is 11.8 Å². The summed E-state index contributed by atoms with van der Waals surface area (Å²) < 4.78 is 0. The minimum absolute atomic E-state index is 0.368. The van der Waals surface area contributed by atoms with Gasteiger partial charge in [-0.1, -0.05) is 24.3 Å². The zero-order valence-electron chi connectivity index (χ0n) is 13.5. The molecule has 0 aromatic carbocycles. The highest BCUT2D eigenvalue weighted by atomic mass is 16.2. The second-order valence-electron chi connectivity index (χ2n) is 7.33. The van der Waals surface area contributed by atoms with Crippen molar-refractivity contribution in [2.45, 2.75) is 25.7 Å². The molecule has 2 N–H and O–H groups in total. The fourth-order valence-electron chi connectivity index (χ4n) is 4.47. The fraction of sp³-hybridized carbons (Fsp3) is 0.556. The largest absolute Gasteiger partial charge is 0.331 e. The summed E-state index contributed by atoms with van der Waals surface area (Å²) in [6.07, 6.45) is 17.0. The number of fused-ring (bicyclic) bond motifs is 4. The Balaban J connectivity index is 1.19. The molecule has 2 amide bonds. The zero-order chi connectivity index (χ0) is 16.5. The van der Waals surface area contributed by atoms with Crippen LogP contribution in [0.25, 0.3) is 0 Å². The maximum absolute atomic E-state index is 11.7. The first-order valence-corrected chi connectivity index (χ1v) is 8.72. The summed E-state index contributed by atoms with van der Waals surface area (Å²) in [6.45, 7) is 0. The van der Waals surface area contributed by atoms with Crippen LogP contribution in [-0.2, 0) is 9.59 Å². The van der Waals surface area contributed by atoms with E-state index in [1.165, 1.54) is 12.8 Å². The number of hydrazone groups is 2. The Morgan fingerprint density at radius 3 is 1.54 bits per heavy atom. The average molecular weight is 326 g/mol. The molecule has 0 aromatic rings. The number of nitrogens with one attached hydrogen (secondary N) is 2. The van der Waals surface area contributed by atoms with Crippen LogP contribution in [0.15, 0.2) is 34.5 Å². The van der Waals surface area contributed by atoms with Gasteiger partial charge in [0.1, 0.15) is 0 Å². The molecular weight excluding hydrogens is 304 g/mol. The van der Waals surface area contributed by atoms with Crippen molar-refractivity contribution in [2.75, 3.05) is 0 Å². The molecule has 4 aliphatic rings. The van der Waals surface area contributed by atoms with Gasteiger partial charge in [-0.3, -0.25) is 9.59 Å². The molecule has 4 aliphatic carbocycles. The highest BCUT2D eigenvalue weighted by Crippen LogP contribution is 2.43. The van der Waals surface area contributed by atoms with Gasteiger partial charge < -0.3 is 0 Å². The van der Waals surface area contributed by atoms with Crippen molar-refractivity contribution in [2.24, 2.45) is 45.7 Å². The van der Waals surface area contributed by atoms with Crippen molar-refractivity contribution >= 4 is 24.2 Å². The van der Waals surface area contributed by atoms with Crippen LogP contribution in [-0.4, -0.2) is 24.2 Å². The molecular formula is C18H22N4O2. The normalized spacial score (nSPS) is 38.7. The van der Waals surface area contributed by atoms with Gasteiger partial charge in [0, 0.05) is 24.3 Å². The van der Waals surface area contributed by atoms with E-state index in [0.29, 0.717) is 35.5 Å². The van der Waals surface area contributed by atoms with E-state index >= 15 is 0 Å². The molecule has 4 rings (SSSR count). The molecule has 2 saturated carbocycles. The summed E-state index contributed by atoms with van der Waals surface area (Å²) in [6, 6.07) is 0. The van der Waals surface area contributed by atoms with Gasteiger partial charge in [-0.05, 0) is 49.4 Å². The van der Waals surface area contributed by atoms with Gasteiger partial charge in [0.15, 0.2) is 0 Å². The highest BCUT2D eigenvalue weighted by Gasteiger charge is 2.35. The second-order valence-corrected chi connectivity index (χ2v) is 7.33. The van der Waals surface area contributed by atoms with Crippen LogP contribution in [0.1, 0.15) is 25.7 Å². The van der Waals surface area contributed by atoms with Crippen LogP contribution < -0.4 is 10.9 Å². The minimum Gasteiger partial charge on any atom is -0.262 e. The van der Waals surface area contributed by atoms with Crippen molar-refractivity contribution in [3.8, 4) is 0 Å². The lowest BCUT2D eigenvalue weighted by Gasteiger charge is -2.12. The van der Waals surface area contributed by atoms with Crippen LogP contribution in [0.2, 0.25) is 0 Å². The van der Waals surface area contributed by atoms with Crippen LogP contribution in [0.3, 0.4) is 0 Å². The summed E-state index contributed by atoms with van der Waals surface area (Å²) >= 11 is 0. The van der Waals surface area contributed by atoms with Gasteiger partial charge in [-0.2, -0.15) is 10.2 Å². The van der Waals surface area contributed by atoms with Crippen molar-refractivity contribution in [1.82, 2.24) is 10.9 Å². The van der Waals surface area contributed by atoms with Crippen molar-refractivity contribution in [3.63, 3.8) is 0 Å². The summed E-state index contributed by atoms with van der Waals surface area (Å²) in [5.74, 6) is 1.54. The molecule has 0 unspecified atom stereocenters. The van der Waals surface area contributed by atoms with Gasteiger partial charge in [-0.15, -0.1) is 0 Å². The molecule has 6 heteroatoms. The first-order valence-electron chi connectivity index (χ1n) is 8.72. The summed E-state index contributed by atoms with van der Waals surface area (Å²) in [5.41, 5.74) is 4.57. The van der Waals surface area contributed by atoms with Crippen LogP contribution in [0, 0.1) is 35.5 Å². The van der Waals surface area contributed by atoms with Crippen LogP contribution >= 0.6 is 0 Å². The van der Waals surface area contributed by atoms with E-state index < -0.39 is 11.8 Å². The lowest BCUT2D eigenvalue weighted by Crippen LogP contribution is -2.35. The Bertz CT molecular complexity index is 595. The lowest BCUT2D eigenvalue weighted by molar-refractivity contribution is -0.139. The van der Waals surface area contributed by atoms with Crippen molar-refractivity contribution in [1.29, 1.82) is 0 Å². The number of hydrogen-bond acceptors (Lipinski definition) is 4. The number of hydrogen-bond donors (Lipinski definition) is 2. The van der Waals surface area contributed by atoms with Gasteiger partial charge in [0.05, 0.1) is 0 Å². The third-order valence-electron chi connectivity index (χ3n) is 5.73. The van der Waals surface area contributed by atoms with Gasteiger partial charge in [0.2, 0.25) is 0 Å². The number of amides is 2. The average Bonchev–Trinajstić information content (AvgIpc) is 3.35. The van der Waals surface area contributed by atoms with Crippen LogP contribution in [0.5, 0.6) is 0 Å². The summed E-state index contributed by atoms with van der Waals surface area (Å²) in [7, 11) is 0. The Kier molecular flexibility index (Phi) is 4.04. The van der Waals surface area contributed by atoms with E-state index in [1.54, 1.807) is 12.4 Å². The number of nitrogens with zero attached hydrogens (tertiary/aromatic N) is 2. The number of carbonyl (C=O) groups excluding carboxylic acids is 2. The van der Waals surface area contributed by atoms with E-state index in [-0.39, 0.29) is 0 Å². The molecule has 0 spiro atoms. The zero-order valence-corrected chi connectivity index (χ0v) is 13.5. The minimum atomic E-state index is -0.782. The summed E-state index contributed by atoms with van der Waals surface area (Å²) in [4.78, 5) is 23.4. The van der Waals surface area contributed by atoms with E-state index in [0.717, 1.165) is 12.8 Å². The molecule has 0 saturated heterocycles. The van der Waals surface area contributed by atoms with Gasteiger partial charge in [-0.25, -0.2) is 10.9 Å². The predicted octanol–water partition coefficient (Wildman–Crippen LogP) is 1.61. The molecule has 0 heterocycles. The highest BCUT2D eigenvalue weighted by molar-refractivity contribution is 6.35.